The lowest BCUT2D eigenvalue weighted by atomic mass is 10.1. The highest BCUT2D eigenvalue weighted by Gasteiger charge is 2.06. The molecule has 3 rings (SSSR count). The van der Waals surface area contributed by atoms with Crippen LogP contribution in [0.5, 0.6) is 5.75 Å². The lowest BCUT2D eigenvalue weighted by Crippen LogP contribution is -2.14. The first-order chi connectivity index (χ1) is 13.2. The van der Waals surface area contributed by atoms with Gasteiger partial charge in [-0.05, 0) is 60.7 Å². The van der Waals surface area contributed by atoms with Crippen molar-refractivity contribution in [3.63, 3.8) is 0 Å². The van der Waals surface area contributed by atoms with E-state index >= 15 is 0 Å². The molecule has 3 nitrogen and oxygen atoms in total. The van der Waals surface area contributed by atoms with E-state index in [0.29, 0.717) is 13.0 Å². The van der Waals surface area contributed by atoms with Crippen LogP contribution >= 0.6 is 0 Å². The standard InChI is InChI=1S/C24H25NO2/c1-19-8-5-6-12-21(19)18-24(26)25-22-13-15-23(16-14-22)27-17-7-11-20-9-3-2-4-10-20/h2-6,8-10,12-16H,7,11,17-18H2,1H3,(H,25,26). The fourth-order valence-electron chi connectivity index (χ4n) is 2.93. The molecule has 0 fully saturated rings. The number of nitrogens with one attached hydrogen (secondary N) is 1. The van der Waals surface area contributed by atoms with Gasteiger partial charge in [0, 0.05) is 5.69 Å². The maximum Gasteiger partial charge on any atom is 0.228 e. The van der Waals surface area contributed by atoms with Gasteiger partial charge in [-0.2, -0.15) is 0 Å². The molecule has 3 aromatic rings. The minimum atomic E-state index is -0.0131. The van der Waals surface area contributed by atoms with Gasteiger partial charge in [-0.1, -0.05) is 54.6 Å². The summed E-state index contributed by atoms with van der Waals surface area (Å²) >= 11 is 0. The van der Waals surface area contributed by atoms with Crippen LogP contribution in [0.15, 0.2) is 78.9 Å². The van der Waals surface area contributed by atoms with Crippen molar-refractivity contribution in [2.24, 2.45) is 0 Å². The van der Waals surface area contributed by atoms with Gasteiger partial charge < -0.3 is 10.1 Å². The number of anilines is 1. The van der Waals surface area contributed by atoms with Crippen molar-refractivity contribution in [3.8, 4) is 5.75 Å². The number of benzene rings is 3. The Bertz CT molecular complexity index is 857. The summed E-state index contributed by atoms with van der Waals surface area (Å²) in [7, 11) is 0. The number of hydrogen-bond acceptors (Lipinski definition) is 2. The van der Waals surface area contributed by atoms with Crippen molar-refractivity contribution >= 4 is 11.6 Å². The monoisotopic (exact) mass is 359 g/mol. The largest absolute Gasteiger partial charge is 0.494 e. The fraction of sp³-hybridized carbons (Fsp3) is 0.208. The lowest BCUT2D eigenvalue weighted by Gasteiger charge is -2.09. The molecule has 1 amide bonds. The van der Waals surface area contributed by atoms with Gasteiger partial charge >= 0.3 is 0 Å². The van der Waals surface area contributed by atoms with Gasteiger partial charge in [0.2, 0.25) is 5.91 Å². The molecule has 3 heteroatoms. The Kier molecular flexibility index (Phi) is 6.64. The van der Waals surface area contributed by atoms with Gasteiger partial charge in [-0.15, -0.1) is 0 Å². The van der Waals surface area contributed by atoms with Crippen LogP contribution in [0, 0.1) is 6.92 Å². The lowest BCUT2D eigenvalue weighted by molar-refractivity contribution is -0.115. The van der Waals surface area contributed by atoms with E-state index in [-0.39, 0.29) is 5.91 Å². The number of rotatable bonds is 8. The van der Waals surface area contributed by atoms with E-state index in [1.54, 1.807) is 0 Å². The van der Waals surface area contributed by atoms with Crippen molar-refractivity contribution in [1.82, 2.24) is 0 Å². The van der Waals surface area contributed by atoms with E-state index in [4.69, 9.17) is 4.74 Å². The minimum absolute atomic E-state index is 0.0131. The summed E-state index contributed by atoms with van der Waals surface area (Å²) in [4.78, 5) is 12.2. The van der Waals surface area contributed by atoms with Gasteiger partial charge in [-0.25, -0.2) is 0 Å². The van der Waals surface area contributed by atoms with Gasteiger partial charge in [-0.3, -0.25) is 4.79 Å². The van der Waals surface area contributed by atoms with Gasteiger partial charge in [0.05, 0.1) is 13.0 Å². The second kappa shape index (κ2) is 9.58. The molecule has 0 heterocycles. The van der Waals surface area contributed by atoms with E-state index in [2.05, 4.69) is 29.6 Å². The second-order valence-electron chi connectivity index (χ2n) is 6.61. The van der Waals surface area contributed by atoms with Crippen molar-refractivity contribution in [3.05, 3.63) is 95.6 Å². The van der Waals surface area contributed by atoms with Crippen molar-refractivity contribution in [1.29, 1.82) is 0 Å². The summed E-state index contributed by atoms with van der Waals surface area (Å²) in [5, 5.41) is 2.94. The Hall–Kier alpha value is -3.07. The molecule has 138 valence electrons. The predicted octanol–water partition coefficient (Wildman–Crippen LogP) is 5.19. The molecule has 1 N–H and O–H groups in total. The topological polar surface area (TPSA) is 38.3 Å². The number of carbonyl (C=O) groups excluding carboxylic acids is 1. The molecule has 0 aliphatic rings. The quantitative estimate of drug-likeness (QED) is 0.562. The number of hydrogen-bond donors (Lipinski definition) is 1. The van der Waals surface area contributed by atoms with Crippen LogP contribution < -0.4 is 10.1 Å². The average Bonchev–Trinajstić information content (AvgIpc) is 2.69. The van der Waals surface area contributed by atoms with Crippen LogP contribution in [0.25, 0.3) is 0 Å². The highest BCUT2D eigenvalue weighted by Crippen LogP contribution is 2.17. The zero-order valence-corrected chi connectivity index (χ0v) is 15.7. The average molecular weight is 359 g/mol. The summed E-state index contributed by atoms with van der Waals surface area (Å²) in [5.74, 6) is 0.806. The van der Waals surface area contributed by atoms with Crippen molar-refractivity contribution in [2.75, 3.05) is 11.9 Å². The molecular formula is C24H25NO2. The molecule has 0 spiro atoms. The molecule has 0 radical (unpaired) electrons. The first kappa shape index (κ1) is 18.7. The molecule has 27 heavy (non-hydrogen) atoms. The van der Waals surface area contributed by atoms with Gasteiger partial charge in [0.1, 0.15) is 5.75 Å². The van der Waals surface area contributed by atoms with Gasteiger partial charge in [0.15, 0.2) is 0 Å². The summed E-state index contributed by atoms with van der Waals surface area (Å²) in [6.45, 7) is 2.69. The van der Waals surface area contributed by atoms with E-state index in [1.807, 2.05) is 61.5 Å². The highest BCUT2D eigenvalue weighted by atomic mass is 16.5. The molecule has 0 saturated heterocycles. The first-order valence-electron chi connectivity index (χ1n) is 9.32. The van der Waals surface area contributed by atoms with E-state index in [9.17, 15) is 4.79 Å². The Balaban J connectivity index is 1.43. The van der Waals surface area contributed by atoms with Crippen LogP contribution in [0.3, 0.4) is 0 Å². The van der Waals surface area contributed by atoms with Crippen LogP contribution in [0.1, 0.15) is 23.1 Å². The molecule has 0 aliphatic carbocycles. The molecule has 0 aromatic heterocycles. The second-order valence-corrected chi connectivity index (χ2v) is 6.61. The Morgan fingerprint density at radius 3 is 2.33 bits per heavy atom. The Labute approximate surface area is 161 Å². The molecule has 3 aromatic carbocycles. The molecule has 0 bridgehead atoms. The Morgan fingerprint density at radius 1 is 0.889 bits per heavy atom. The molecule has 0 unspecified atom stereocenters. The maximum absolute atomic E-state index is 12.2. The number of carbonyl (C=O) groups is 1. The summed E-state index contributed by atoms with van der Waals surface area (Å²) in [6.07, 6.45) is 2.36. The zero-order valence-electron chi connectivity index (χ0n) is 15.7. The predicted molar refractivity (Wildman–Crippen MR) is 110 cm³/mol. The van der Waals surface area contributed by atoms with Crippen LogP contribution in [-0.4, -0.2) is 12.5 Å². The Morgan fingerprint density at radius 2 is 1.59 bits per heavy atom. The normalized spacial score (nSPS) is 10.4. The molecule has 0 saturated carbocycles. The van der Waals surface area contributed by atoms with Crippen LogP contribution in [0.4, 0.5) is 5.69 Å². The SMILES string of the molecule is Cc1ccccc1CC(=O)Nc1ccc(OCCCc2ccccc2)cc1. The van der Waals surface area contributed by atoms with Gasteiger partial charge in [0.25, 0.3) is 0 Å². The summed E-state index contributed by atoms with van der Waals surface area (Å²) in [6, 6.07) is 25.9. The molecule has 0 aliphatic heterocycles. The third-order valence-electron chi connectivity index (χ3n) is 4.47. The van der Waals surface area contributed by atoms with Crippen molar-refractivity contribution in [2.45, 2.75) is 26.2 Å². The minimum Gasteiger partial charge on any atom is -0.494 e. The zero-order chi connectivity index (χ0) is 18.9. The van der Waals surface area contributed by atoms with Crippen LogP contribution in [0.2, 0.25) is 0 Å². The van der Waals surface area contributed by atoms with Crippen molar-refractivity contribution < 1.29 is 9.53 Å². The third-order valence-corrected chi connectivity index (χ3v) is 4.47. The van der Waals surface area contributed by atoms with E-state index < -0.39 is 0 Å². The maximum atomic E-state index is 12.2. The molecular weight excluding hydrogens is 334 g/mol. The smallest absolute Gasteiger partial charge is 0.228 e. The molecule has 0 atom stereocenters. The summed E-state index contributed by atoms with van der Waals surface area (Å²) < 4.78 is 5.79. The number of ether oxygens (including phenoxy) is 1. The van der Waals surface area contributed by atoms with Crippen LogP contribution in [-0.2, 0) is 17.6 Å². The first-order valence-corrected chi connectivity index (χ1v) is 9.32. The summed E-state index contributed by atoms with van der Waals surface area (Å²) in [5.41, 5.74) is 4.29. The number of aryl methyl sites for hydroxylation is 2. The highest BCUT2D eigenvalue weighted by molar-refractivity contribution is 5.92. The third kappa shape index (κ3) is 6.00. The number of amides is 1. The van der Waals surface area contributed by atoms with E-state index in [0.717, 1.165) is 35.4 Å². The fourth-order valence-corrected chi connectivity index (χ4v) is 2.93. The van der Waals surface area contributed by atoms with E-state index in [1.165, 1.54) is 5.56 Å².